The van der Waals surface area contributed by atoms with Gasteiger partial charge in [-0.3, -0.25) is 0 Å². The minimum Gasteiger partial charge on any atom is -0.392 e. The summed E-state index contributed by atoms with van der Waals surface area (Å²) in [5.41, 5.74) is 1.51. The topological polar surface area (TPSA) is 52.9 Å². The molecular formula is C25H41NO3. The van der Waals surface area contributed by atoms with Gasteiger partial charge in [-0.05, 0) is 75.8 Å². The molecule has 1 heterocycles. The quantitative estimate of drug-likeness (QED) is 0.476. The van der Waals surface area contributed by atoms with Gasteiger partial charge >= 0.3 is 0 Å². The van der Waals surface area contributed by atoms with Crippen LogP contribution in [-0.4, -0.2) is 60.2 Å². The predicted octanol–water partition coefficient (Wildman–Crippen LogP) is 3.93. The van der Waals surface area contributed by atoms with Crippen LogP contribution in [0.15, 0.2) is 23.8 Å². The van der Waals surface area contributed by atoms with E-state index in [-0.39, 0.29) is 18.1 Å². The van der Waals surface area contributed by atoms with Crippen molar-refractivity contribution in [1.29, 1.82) is 0 Å². The van der Waals surface area contributed by atoms with E-state index in [1.165, 1.54) is 50.8 Å². The molecule has 5 atom stereocenters. The van der Waals surface area contributed by atoms with E-state index < -0.39 is 0 Å². The van der Waals surface area contributed by atoms with Crippen LogP contribution in [0.4, 0.5) is 0 Å². The molecule has 0 aromatic carbocycles. The third kappa shape index (κ3) is 5.72. The van der Waals surface area contributed by atoms with E-state index in [2.05, 4.69) is 17.1 Å². The highest BCUT2D eigenvalue weighted by Crippen LogP contribution is 2.50. The molecule has 2 N–H and O–H groups in total. The molecule has 0 unspecified atom stereocenters. The predicted molar refractivity (Wildman–Crippen MR) is 117 cm³/mol. The lowest BCUT2D eigenvalue weighted by Crippen LogP contribution is -2.32. The minimum absolute atomic E-state index is 0.210. The molecule has 4 nitrogen and oxygen atoms in total. The number of allylic oxidation sites excluding steroid dienone is 1. The number of piperidine rings is 1. The zero-order valence-electron chi connectivity index (χ0n) is 18.1. The molecule has 3 saturated carbocycles. The van der Waals surface area contributed by atoms with Crippen molar-refractivity contribution in [2.75, 3.05) is 32.8 Å². The summed E-state index contributed by atoms with van der Waals surface area (Å²) >= 11 is 0. The van der Waals surface area contributed by atoms with E-state index in [0.29, 0.717) is 17.8 Å². The van der Waals surface area contributed by atoms with E-state index in [0.717, 1.165) is 51.9 Å². The SMILES string of the molecule is O[C@H](C=C[C@@H]1[C@H]2CC(=CCOCCN3CCCCC3)C[C@H]2C[C@H]1O)C1CCCC1. The number of fused-ring (bicyclic) bond motifs is 1. The molecule has 1 saturated heterocycles. The molecule has 0 spiro atoms. The molecule has 4 heteroatoms. The fraction of sp³-hybridized carbons (Fsp3) is 0.840. The largest absolute Gasteiger partial charge is 0.392 e. The molecule has 0 radical (unpaired) electrons. The smallest absolute Gasteiger partial charge is 0.0749 e. The lowest BCUT2D eigenvalue weighted by molar-refractivity contribution is 0.114. The first-order chi connectivity index (χ1) is 14.2. The third-order valence-corrected chi connectivity index (χ3v) is 8.01. The lowest BCUT2D eigenvalue weighted by atomic mass is 9.89. The van der Waals surface area contributed by atoms with Crippen LogP contribution in [0.5, 0.6) is 0 Å². The Bertz CT molecular complexity index is 562. The molecule has 4 fully saturated rings. The Morgan fingerprint density at radius 1 is 1.07 bits per heavy atom. The van der Waals surface area contributed by atoms with Gasteiger partial charge in [0, 0.05) is 12.5 Å². The normalized spacial score (nSPS) is 36.4. The van der Waals surface area contributed by atoms with Crippen LogP contribution in [0.1, 0.15) is 64.2 Å². The van der Waals surface area contributed by atoms with Crippen LogP contribution >= 0.6 is 0 Å². The van der Waals surface area contributed by atoms with Crippen molar-refractivity contribution in [3.8, 4) is 0 Å². The third-order valence-electron chi connectivity index (χ3n) is 8.01. The summed E-state index contributed by atoms with van der Waals surface area (Å²) in [5, 5.41) is 21.0. The first-order valence-corrected chi connectivity index (χ1v) is 12.2. The number of aliphatic hydroxyl groups is 2. The van der Waals surface area contributed by atoms with E-state index in [9.17, 15) is 10.2 Å². The summed E-state index contributed by atoms with van der Waals surface area (Å²) in [6.07, 6.45) is 17.9. The average Bonchev–Trinajstić information content (AvgIpc) is 3.44. The van der Waals surface area contributed by atoms with Crippen molar-refractivity contribution in [2.24, 2.45) is 23.7 Å². The summed E-state index contributed by atoms with van der Waals surface area (Å²) in [7, 11) is 0. The van der Waals surface area contributed by atoms with E-state index >= 15 is 0 Å². The van der Waals surface area contributed by atoms with Crippen molar-refractivity contribution in [2.45, 2.75) is 76.4 Å². The Morgan fingerprint density at radius 3 is 2.66 bits per heavy atom. The van der Waals surface area contributed by atoms with Crippen molar-refractivity contribution in [1.82, 2.24) is 4.90 Å². The number of rotatable bonds is 8. The van der Waals surface area contributed by atoms with E-state index in [4.69, 9.17) is 4.74 Å². The summed E-state index contributed by atoms with van der Waals surface area (Å²) in [6, 6.07) is 0. The van der Waals surface area contributed by atoms with Gasteiger partial charge in [0.15, 0.2) is 0 Å². The van der Waals surface area contributed by atoms with Crippen molar-refractivity contribution in [3.63, 3.8) is 0 Å². The number of hydrogen-bond donors (Lipinski definition) is 2. The van der Waals surface area contributed by atoms with Gasteiger partial charge in [-0.2, -0.15) is 0 Å². The monoisotopic (exact) mass is 403 g/mol. The number of nitrogens with zero attached hydrogens (tertiary/aromatic N) is 1. The van der Waals surface area contributed by atoms with Gasteiger partial charge in [0.25, 0.3) is 0 Å². The Hall–Kier alpha value is -0.680. The van der Waals surface area contributed by atoms with Gasteiger partial charge in [-0.25, -0.2) is 0 Å². The summed E-state index contributed by atoms with van der Waals surface area (Å²) < 4.78 is 5.89. The van der Waals surface area contributed by atoms with Crippen LogP contribution in [0.2, 0.25) is 0 Å². The number of likely N-dealkylation sites (tertiary alicyclic amines) is 1. The van der Waals surface area contributed by atoms with Gasteiger partial charge in [-0.1, -0.05) is 43.1 Å². The Morgan fingerprint density at radius 2 is 1.86 bits per heavy atom. The Balaban J connectivity index is 1.20. The maximum atomic E-state index is 10.5. The van der Waals surface area contributed by atoms with Crippen LogP contribution < -0.4 is 0 Å². The first-order valence-electron chi connectivity index (χ1n) is 12.2. The van der Waals surface area contributed by atoms with Gasteiger partial charge in [0.05, 0.1) is 25.4 Å². The van der Waals surface area contributed by atoms with Crippen LogP contribution in [0.3, 0.4) is 0 Å². The molecule has 29 heavy (non-hydrogen) atoms. The highest BCUT2D eigenvalue weighted by molar-refractivity contribution is 5.18. The Labute approximate surface area is 177 Å². The molecule has 0 amide bonds. The molecule has 0 bridgehead atoms. The standard InChI is InChI=1S/C25H41NO3/c27-24(20-6-2-3-7-20)9-8-22-23-17-19(16-21(23)18-25(22)28)10-14-29-15-13-26-11-4-1-5-12-26/h8-10,20-25,27-28H,1-7,11-18H2/t21-,22+,23-,24+,25+/m0/s1. The molecule has 0 aromatic heterocycles. The maximum absolute atomic E-state index is 10.5. The molecule has 4 rings (SSSR count). The number of aliphatic hydroxyl groups excluding tert-OH is 2. The number of hydrogen-bond acceptors (Lipinski definition) is 4. The van der Waals surface area contributed by atoms with Crippen LogP contribution in [-0.2, 0) is 4.74 Å². The second-order valence-corrected chi connectivity index (χ2v) is 9.97. The molecule has 164 valence electrons. The van der Waals surface area contributed by atoms with E-state index in [1.807, 2.05) is 6.08 Å². The molecule has 0 aromatic rings. The Kier molecular flexibility index (Phi) is 7.85. The van der Waals surface area contributed by atoms with Gasteiger partial charge in [0.1, 0.15) is 0 Å². The number of ether oxygens (including phenoxy) is 1. The van der Waals surface area contributed by atoms with Gasteiger partial charge in [0.2, 0.25) is 0 Å². The van der Waals surface area contributed by atoms with Crippen molar-refractivity contribution >= 4 is 0 Å². The highest BCUT2D eigenvalue weighted by atomic mass is 16.5. The second-order valence-electron chi connectivity index (χ2n) is 9.97. The summed E-state index contributed by atoms with van der Waals surface area (Å²) in [4.78, 5) is 2.52. The molecular weight excluding hydrogens is 362 g/mol. The maximum Gasteiger partial charge on any atom is 0.0749 e. The lowest BCUT2D eigenvalue weighted by Gasteiger charge is -2.25. The first kappa shape index (κ1) is 21.5. The van der Waals surface area contributed by atoms with Crippen molar-refractivity contribution < 1.29 is 14.9 Å². The molecule has 4 aliphatic rings. The van der Waals surface area contributed by atoms with E-state index in [1.54, 1.807) is 0 Å². The zero-order valence-corrected chi connectivity index (χ0v) is 18.1. The highest BCUT2D eigenvalue weighted by Gasteiger charge is 2.45. The molecule has 1 aliphatic heterocycles. The fourth-order valence-electron chi connectivity index (χ4n) is 6.27. The van der Waals surface area contributed by atoms with Crippen molar-refractivity contribution in [3.05, 3.63) is 23.8 Å². The van der Waals surface area contributed by atoms with Crippen LogP contribution in [0, 0.1) is 23.7 Å². The minimum atomic E-state index is -0.325. The zero-order chi connectivity index (χ0) is 20.1. The summed E-state index contributed by atoms with van der Waals surface area (Å²) in [6.45, 7) is 5.10. The summed E-state index contributed by atoms with van der Waals surface area (Å²) in [5.74, 6) is 1.78. The van der Waals surface area contributed by atoms with Gasteiger partial charge < -0.3 is 19.8 Å². The average molecular weight is 404 g/mol. The van der Waals surface area contributed by atoms with Gasteiger partial charge in [-0.15, -0.1) is 0 Å². The second kappa shape index (κ2) is 10.6. The fourth-order valence-corrected chi connectivity index (χ4v) is 6.27. The van der Waals surface area contributed by atoms with Crippen LogP contribution in [0.25, 0.3) is 0 Å². The molecule has 3 aliphatic carbocycles.